The lowest BCUT2D eigenvalue weighted by molar-refractivity contribution is 0.429. The Bertz CT molecular complexity index is 139. The average Bonchev–Trinajstić information content (AvgIpc) is 2.00. The molecule has 0 amide bonds. The van der Waals surface area contributed by atoms with Crippen molar-refractivity contribution >= 4 is 5.71 Å². The van der Waals surface area contributed by atoms with Gasteiger partial charge in [0.05, 0.1) is 0 Å². The maximum absolute atomic E-state index is 4.46. The van der Waals surface area contributed by atoms with Gasteiger partial charge in [-0.05, 0) is 18.8 Å². The third-order valence-electron chi connectivity index (χ3n) is 1.98. The SMILES string of the molecule is CCCC(C)/C(CC)=N\N(C)C. The monoisotopic (exact) mass is 170 g/mol. The van der Waals surface area contributed by atoms with Gasteiger partial charge in [0.1, 0.15) is 0 Å². The van der Waals surface area contributed by atoms with Gasteiger partial charge in [-0.25, -0.2) is 0 Å². The molecule has 0 aliphatic heterocycles. The van der Waals surface area contributed by atoms with Crippen LogP contribution in [0.1, 0.15) is 40.0 Å². The summed E-state index contributed by atoms with van der Waals surface area (Å²) in [6.45, 7) is 6.66. The van der Waals surface area contributed by atoms with Crippen molar-refractivity contribution < 1.29 is 0 Å². The number of hydrogen-bond donors (Lipinski definition) is 0. The maximum atomic E-state index is 4.46. The van der Waals surface area contributed by atoms with E-state index in [1.807, 2.05) is 19.1 Å². The second kappa shape index (κ2) is 6.04. The highest BCUT2D eigenvalue weighted by molar-refractivity contribution is 5.85. The van der Waals surface area contributed by atoms with Gasteiger partial charge < -0.3 is 5.01 Å². The zero-order valence-corrected chi connectivity index (χ0v) is 9.09. The molecular weight excluding hydrogens is 148 g/mol. The van der Waals surface area contributed by atoms with Crippen LogP contribution in [0.5, 0.6) is 0 Å². The van der Waals surface area contributed by atoms with Crippen molar-refractivity contribution in [2.24, 2.45) is 11.0 Å². The van der Waals surface area contributed by atoms with E-state index in [1.165, 1.54) is 18.6 Å². The predicted molar refractivity (Wildman–Crippen MR) is 55.5 cm³/mol. The zero-order valence-electron chi connectivity index (χ0n) is 9.09. The zero-order chi connectivity index (χ0) is 9.56. The van der Waals surface area contributed by atoms with Crippen molar-refractivity contribution in [3.8, 4) is 0 Å². The normalized spacial score (nSPS) is 14.6. The van der Waals surface area contributed by atoms with Crippen LogP contribution in [0.25, 0.3) is 0 Å². The molecule has 1 atom stereocenters. The van der Waals surface area contributed by atoms with E-state index in [9.17, 15) is 0 Å². The average molecular weight is 170 g/mol. The summed E-state index contributed by atoms with van der Waals surface area (Å²) < 4.78 is 0. The Kier molecular flexibility index (Phi) is 5.77. The minimum atomic E-state index is 0.641. The Morgan fingerprint density at radius 1 is 1.33 bits per heavy atom. The summed E-state index contributed by atoms with van der Waals surface area (Å²) in [4.78, 5) is 0. The van der Waals surface area contributed by atoms with E-state index in [0.29, 0.717) is 5.92 Å². The van der Waals surface area contributed by atoms with Gasteiger partial charge in [0.25, 0.3) is 0 Å². The molecule has 0 aromatic carbocycles. The van der Waals surface area contributed by atoms with Crippen LogP contribution in [0.3, 0.4) is 0 Å². The summed E-state index contributed by atoms with van der Waals surface area (Å²) in [5.74, 6) is 0.641. The van der Waals surface area contributed by atoms with Gasteiger partial charge in [-0.2, -0.15) is 5.10 Å². The molecule has 0 aromatic rings. The van der Waals surface area contributed by atoms with Gasteiger partial charge in [-0.3, -0.25) is 0 Å². The fraction of sp³-hybridized carbons (Fsp3) is 0.900. The summed E-state index contributed by atoms with van der Waals surface area (Å²) in [6.07, 6.45) is 3.56. The Balaban J connectivity index is 4.13. The second-order valence-corrected chi connectivity index (χ2v) is 3.48. The smallest absolute Gasteiger partial charge is 0.0405 e. The van der Waals surface area contributed by atoms with Crippen LogP contribution >= 0.6 is 0 Å². The first-order valence-electron chi connectivity index (χ1n) is 4.86. The minimum absolute atomic E-state index is 0.641. The van der Waals surface area contributed by atoms with Crippen LogP contribution in [0.2, 0.25) is 0 Å². The first-order chi connectivity index (χ1) is 5.61. The third kappa shape index (κ3) is 4.37. The largest absolute Gasteiger partial charge is 0.303 e. The summed E-state index contributed by atoms with van der Waals surface area (Å²) in [5.41, 5.74) is 1.32. The van der Waals surface area contributed by atoms with Crippen LogP contribution in [0, 0.1) is 5.92 Å². The highest BCUT2D eigenvalue weighted by atomic mass is 15.4. The lowest BCUT2D eigenvalue weighted by Gasteiger charge is -2.15. The topological polar surface area (TPSA) is 15.6 Å². The summed E-state index contributed by atoms with van der Waals surface area (Å²) in [6, 6.07) is 0. The van der Waals surface area contributed by atoms with Crippen molar-refractivity contribution in [2.45, 2.75) is 40.0 Å². The molecule has 2 heteroatoms. The molecular formula is C10H22N2. The van der Waals surface area contributed by atoms with Crippen molar-refractivity contribution in [3.63, 3.8) is 0 Å². The van der Waals surface area contributed by atoms with E-state index >= 15 is 0 Å². The van der Waals surface area contributed by atoms with Crippen LogP contribution < -0.4 is 0 Å². The number of hydrogen-bond acceptors (Lipinski definition) is 2. The van der Waals surface area contributed by atoms with Crippen LogP contribution in [-0.2, 0) is 0 Å². The summed E-state index contributed by atoms with van der Waals surface area (Å²) in [5, 5.41) is 6.36. The first kappa shape index (κ1) is 11.5. The van der Waals surface area contributed by atoms with E-state index < -0.39 is 0 Å². The lowest BCUT2D eigenvalue weighted by atomic mass is 9.98. The van der Waals surface area contributed by atoms with Crippen molar-refractivity contribution in [3.05, 3.63) is 0 Å². The highest BCUT2D eigenvalue weighted by Crippen LogP contribution is 2.10. The van der Waals surface area contributed by atoms with Gasteiger partial charge in [0.2, 0.25) is 0 Å². The van der Waals surface area contributed by atoms with Gasteiger partial charge in [-0.15, -0.1) is 0 Å². The molecule has 0 saturated carbocycles. The van der Waals surface area contributed by atoms with E-state index in [4.69, 9.17) is 0 Å². The van der Waals surface area contributed by atoms with Gasteiger partial charge in [0, 0.05) is 19.8 Å². The van der Waals surface area contributed by atoms with Gasteiger partial charge >= 0.3 is 0 Å². The highest BCUT2D eigenvalue weighted by Gasteiger charge is 2.07. The third-order valence-corrected chi connectivity index (χ3v) is 1.98. The van der Waals surface area contributed by atoms with E-state index in [0.717, 1.165) is 6.42 Å². The van der Waals surface area contributed by atoms with E-state index in [-0.39, 0.29) is 0 Å². The molecule has 12 heavy (non-hydrogen) atoms. The first-order valence-corrected chi connectivity index (χ1v) is 4.86. The molecule has 2 nitrogen and oxygen atoms in total. The summed E-state index contributed by atoms with van der Waals surface area (Å²) in [7, 11) is 3.96. The molecule has 1 unspecified atom stereocenters. The minimum Gasteiger partial charge on any atom is -0.303 e. The predicted octanol–water partition coefficient (Wildman–Crippen LogP) is 2.75. The number of rotatable bonds is 5. The Morgan fingerprint density at radius 2 is 1.92 bits per heavy atom. The van der Waals surface area contributed by atoms with Crippen LogP contribution in [0.15, 0.2) is 5.10 Å². The van der Waals surface area contributed by atoms with Crippen LogP contribution in [-0.4, -0.2) is 24.8 Å². The molecule has 0 aliphatic carbocycles. The fourth-order valence-corrected chi connectivity index (χ4v) is 1.37. The number of hydrazone groups is 1. The number of nitrogens with zero attached hydrogens (tertiary/aromatic N) is 2. The molecule has 0 aromatic heterocycles. The van der Waals surface area contributed by atoms with Crippen molar-refractivity contribution in [1.29, 1.82) is 0 Å². The Morgan fingerprint density at radius 3 is 2.25 bits per heavy atom. The fourth-order valence-electron chi connectivity index (χ4n) is 1.37. The molecule has 0 heterocycles. The quantitative estimate of drug-likeness (QED) is 0.457. The Labute approximate surface area is 76.6 Å². The molecule has 0 aliphatic rings. The van der Waals surface area contributed by atoms with Crippen LogP contribution in [0.4, 0.5) is 0 Å². The van der Waals surface area contributed by atoms with Crippen molar-refractivity contribution in [1.82, 2.24) is 5.01 Å². The molecule has 72 valence electrons. The van der Waals surface area contributed by atoms with E-state index in [1.54, 1.807) is 0 Å². The van der Waals surface area contributed by atoms with Crippen molar-refractivity contribution in [2.75, 3.05) is 14.1 Å². The molecule has 0 spiro atoms. The Hall–Kier alpha value is -0.530. The molecule has 0 radical (unpaired) electrons. The van der Waals surface area contributed by atoms with E-state index in [2.05, 4.69) is 25.9 Å². The molecule has 0 saturated heterocycles. The standard InChI is InChI=1S/C10H22N2/c1-6-8-9(3)10(7-2)11-12(4)5/h9H,6-8H2,1-5H3/b11-10-. The maximum Gasteiger partial charge on any atom is 0.0405 e. The summed E-state index contributed by atoms with van der Waals surface area (Å²) >= 11 is 0. The molecule has 0 N–H and O–H groups in total. The van der Waals surface area contributed by atoms with Gasteiger partial charge in [0.15, 0.2) is 0 Å². The second-order valence-electron chi connectivity index (χ2n) is 3.48. The lowest BCUT2D eigenvalue weighted by Crippen LogP contribution is -2.15. The van der Waals surface area contributed by atoms with Gasteiger partial charge in [-0.1, -0.05) is 27.2 Å². The molecule has 0 bridgehead atoms. The molecule has 0 fully saturated rings. The molecule has 0 rings (SSSR count).